The van der Waals surface area contributed by atoms with Crippen molar-refractivity contribution in [3.63, 3.8) is 0 Å². The summed E-state index contributed by atoms with van der Waals surface area (Å²) in [7, 11) is 1.76. The number of aromatic nitrogens is 4. The molecule has 2 aliphatic rings. The molecule has 8 nitrogen and oxygen atoms in total. The first kappa shape index (κ1) is 14.5. The van der Waals surface area contributed by atoms with E-state index in [2.05, 4.69) is 15.3 Å². The van der Waals surface area contributed by atoms with Crippen molar-refractivity contribution in [1.82, 2.24) is 24.9 Å². The molecule has 0 saturated carbocycles. The Hall–Kier alpha value is -2.06. The average Bonchev–Trinajstić information content (AvgIpc) is 3.24. The normalized spacial score (nSPS) is 25.2. The predicted octanol–water partition coefficient (Wildman–Crippen LogP) is 0.383. The van der Waals surface area contributed by atoms with Crippen LogP contribution in [0.5, 0.6) is 0 Å². The van der Waals surface area contributed by atoms with Gasteiger partial charge < -0.3 is 14.4 Å². The largest absolute Gasteiger partial charge is 0.377 e. The second-order valence-corrected chi connectivity index (χ2v) is 5.94. The fourth-order valence-corrected chi connectivity index (χ4v) is 3.35. The van der Waals surface area contributed by atoms with Gasteiger partial charge in [-0.2, -0.15) is 0 Å². The van der Waals surface area contributed by atoms with Gasteiger partial charge in [-0.25, -0.2) is 9.67 Å². The van der Waals surface area contributed by atoms with Gasteiger partial charge in [0.1, 0.15) is 5.52 Å². The molecule has 0 aromatic carbocycles. The Morgan fingerprint density at radius 3 is 3.13 bits per heavy atom. The summed E-state index contributed by atoms with van der Waals surface area (Å²) in [6.45, 7) is 2.38. The van der Waals surface area contributed by atoms with E-state index in [1.807, 2.05) is 4.90 Å². The number of carbonyl (C=O) groups is 1. The van der Waals surface area contributed by atoms with Crippen molar-refractivity contribution in [3.8, 4) is 0 Å². The van der Waals surface area contributed by atoms with Crippen molar-refractivity contribution in [1.29, 1.82) is 0 Å². The lowest BCUT2D eigenvalue weighted by molar-refractivity contribution is -0.0530. The van der Waals surface area contributed by atoms with Crippen molar-refractivity contribution in [2.24, 2.45) is 7.05 Å². The van der Waals surface area contributed by atoms with Crippen LogP contribution in [0.25, 0.3) is 11.2 Å². The standard InChI is InChI=1S/C15H19N5O3/c1-19-14-13(17-18-19)10(4-5-16-14)15(21)20-6-8-22-9-11(20)12-3-2-7-23-12/h4-5,11-12H,2-3,6-9H2,1H3. The third-order valence-corrected chi connectivity index (χ3v) is 4.54. The van der Waals surface area contributed by atoms with Crippen LogP contribution in [-0.4, -0.2) is 69.3 Å². The second-order valence-electron chi connectivity index (χ2n) is 5.94. The minimum absolute atomic E-state index is 0.0429. The monoisotopic (exact) mass is 317 g/mol. The minimum atomic E-state index is -0.0540. The quantitative estimate of drug-likeness (QED) is 0.796. The van der Waals surface area contributed by atoms with Crippen LogP contribution in [0.1, 0.15) is 23.2 Å². The van der Waals surface area contributed by atoms with E-state index in [-0.39, 0.29) is 18.1 Å². The summed E-state index contributed by atoms with van der Waals surface area (Å²) in [5.41, 5.74) is 1.68. The van der Waals surface area contributed by atoms with Gasteiger partial charge in [-0.15, -0.1) is 5.10 Å². The lowest BCUT2D eigenvalue weighted by atomic mass is 10.0. The zero-order valence-electron chi connectivity index (χ0n) is 13.0. The van der Waals surface area contributed by atoms with Crippen LogP contribution in [0.3, 0.4) is 0 Å². The van der Waals surface area contributed by atoms with Gasteiger partial charge in [-0.1, -0.05) is 5.21 Å². The van der Waals surface area contributed by atoms with Gasteiger partial charge in [-0.3, -0.25) is 4.79 Å². The van der Waals surface area contributed by atoms with E-state index in [9.17, 15) is 4.79 Å². The number of amides is 1. The van der Waals surface area contributed by atoms with Crippen LogP contribution >= 0.6 is 0 Å². The Bertz CT molecular complexity index is 725. The molecule has 4 rings (SSSR count). The van der Waals surface area contributed by atoms with E-state index in [0.717, 1.165) is 19.4 Å². The molecular weight excluding hydrogens is 298 g/mol. The molecule has 0 N–H and O–H groups in total. The molecule has 0 bridgehead atoms. The topological polar surface area (TPSA) is 82.4 Å². The van der Waals surface area contributed by atoms with E-state index in [0.29, 0.717) is 36.5 Å². The molecule has 2 saturated heterocycles. The highest BCUT2D eigenvalue weighted by Gasteiger charge is 2.37. The number of pyridine rings is 1. The lowest BCUT2D eigenvalue weighted by Gasteiger charge is -2.38. The Labute approximate surface area is 133 Å². The molecule has 2 atom stereocenters. The van der Waals surface area contributed by atoms with Crippen molar-refractivity contribution < 1.29 is 14.3 Å². The number of nitrogens with zero attached hydrogens (tertiary/aromatic N) is 5. The van der Waals surface area contributed by atoms with Gasteiger partial charge in [0.25, 0.3) is 5.91 Å². The predicted molar refractivity (Wildman–Crippen MR) is 80.9 cm³/mol. The van der Waals surface area contributed by atoms with E-state index < -0.39 is 0 Å². The fraction of sp³-hybridized carbons (Fsp3) is 0.600. The van der Waals surface area contributed by atoms with Crippen LogP contribution in [0.15, 0.2) is 12.3 Å². The van der Waals surface area contributed by atoms with Crippen LogP contribution in [0.2, 0.25) is 0 Å². The molecule has 8 heteroatoms. The highest BCUT2D eigenvalue weighted by atomic mass is 16.5. The number of aryl methyl sites for hydroxylation is 1. The van der Waals surface area contributed by atoms with Crippen molar-refractivity contribution in [2.75, 3.05) is 26.4 Å². The molecule has 1 amide bonds. The molecule has 0 radical (unpaired) electrons. The Morgan fingerprint density at radius 1 is 1.39 bits per heavy atom. The van der Waals surface area contributed by atoms with Gasteiger partial charge in [0.15, 0.2) is 5.65 Å². The van der Waals surface area contributed by atoms with Crippen LogP contribution in [0, 0.1) is 0 Å². The molecule has 23 heavy (non-hydrogen) atoms. The van der Waals surface area contributed by atoms with Gasteiger partial charge in [-0.05, 0) is 18.9 Å². The molecule has 0 aliphatic carbocycles. The molecule has 122 valence electrons. The molecule has 2 aromatic heterocycles. The van der Waals surface area contributed by atoms with Crippen molar-refractivity contribution in [3.05, 3.63) is 17.8 Å². The highest BCUT2D eigenvalue weighted by Crippen LogP contribution is 2.25. The maximum Gasteiger partial charge on any atom is 0.256 e. The first-order valence-corrected chi connectivity index (χ1v) is 7.90. The number of hydrogen-bond acceptors (Lipinski definition) is 6. The first-order valence-electron chi connectivity index (χ1n) is 7.90. The Morgan fingerprint density at radius 2 is 2.30 bits per heavy atom. The van der Waals surface area contributed by atoms with E-state index in [4.69, 9.17) is 9.47 Å². The molecule has 2 fully saturated rings. The number of ether oxygens (including phenoxy) is 2. The average molecular weight is 317 g/mol. The summed E-state index contributed by atoms with van der Waals surface area (Å²) >= 11 is 0. The SMILES string of the molecule is Cn1nnc2c(C(=O)N3CCOCC3C3CCCO3)ccnc21. The van der Waals surface area contributed by atoms with Crippen LogP contribution in [0.4, 0.5) is 0 Å². The number of hydrogen-bond donors (Lipinski definition) is 0. The Kier molecular flexibility index (Phi) is 3.70. The molecule has 0 spiro atoms. The minimum Gasteiger partial charge on any atom is -0.377 e. The summed E-state index contributed by atoms with van der Waals surface area (Å²) in [5, 5.41) is 8.06. The summed E-state index contributed by atoms with van der Waals surface area (Å²) < 4.78 is 12.9. The molecule has 2 aromatic rings. The van der Waals surface area contributed by atoms with E-state index >= 15 is 0 Å². The molecule has 2 unspecified atom stereocenters. The third-order valence-electron chi connectivity index (χ3n) is 4.54. The summed E-state index contributed by atoms with van der Waals surface area (Å²) in [5.74, 6) is -0.0540. The van der Waals surface area contributed by atoms with Crippen molar-refractivity contribution in [2.45, 2.75) is 25.0 Å². The van der Waals surface area contributed by atoms with Gasteiger partial charge >= 0.3 is 0 Å². The van der Waals surface area contributed by atoms with Gasteiger partial charge in [0, 0.05) is 26.4 Å². The lowest BCUT2D eigenvalue weighted by Crippen LogP contribution is -2.54. The van der Waals surface area contributed by atoms with E-state index in [1.165, 1.54) is 0 Å². The maximum atomic E-state index is 13.1. The van der Waals surface area contributed by atoms with Crippen molar-refractivity contribution >= 4 is 17.1 Å². The van der Waals surface area contributed by atoms with Gasteiger partial charge in [0.05, 0.1) is 30.9 Å². The number of fused-ring (bicyclic) bond motifs is 1. The second kappa shape index (κ2) is 5.86. The molecular formula is C15H19N5O3. The molecule has 4 heterocycles. The Balaban J connectivity index is 1.68. The third kappa shape index (κ3) is 2.47. The first-order chi connectivity index (χ1) is 11.3. The summed E-state index contributed by atoms with van der Waals surface area (Å²) in [6, 6.07) is 1.67. The zero-order valence-corrected chi connectivity index (χ0v) is 13.0. The van der Waals surface area contributed by atoms with Crippen LogP contribution < -0.4 is 0 Å². The van der Waals surface area contributed by atoms with Gasteiger partial charge in [0.2, 0.25) is 0 Å². The molecule has 2 aliphatic heterocycles. The smallest absolute Gasteiger partial charge is 0.256 e. The zero-order chi connectivity index (χ0) is 15.8. The highest BCUT2D eigenvalue weighted by molar-refractivity contribution is 6.04. The summed E-state index contributed by atoms with van der Waals surface area (Å²) in [4.78, 5) is 19.2. The fourth-order valence-electron chi connectivity index (χ4n) is 3.35. The number of morpholine rings is 1. The van der Waals surface area contributed by atoms with E-state index in [1.54, 1.807) is 24.0 Å². The number of carbonyl (C=O) groups excluding carboxylic acids is 1. The maximum absolute atomic E-state index is 13.1. The number of rotatable bonds is 2. The van der Waals surface area contributed by atoms with Crippen LogP contribution in [-0.2, 0) is 16.5 Å². The summed E-state index contributed by atoms with van der Waals surface area (Å²) in [6.07, 6.45) is 3.68.